The molecule has 0 amide bonds. The molecule has 3 aromatic rings. The zero-order chi connectivity index (χ0) is 14.7. The zero-order valence-corrected chi connectivity index (χ0v) is 11.5. The lowest BCUT2D eigenvalue weighted by Gasteiger charge is -2.14. The molecule has 1 heterocycles. The number of hydrogen-bond acceptors (Lipinski definition) is 4. The summed E-state index contributed by atoms with van der Waals surface area (Å²) in [5.41, 5.74) is 1.45. The van der Waals surface area contributed by atoms with Gasteiger partial charge in [0.05, 0.1) is 0 Å². The van der Waals surface area contributed by atoms with Crippen molar-refractivity contribution in [1.29, 1.82) is 0 Å². The summed E-state index contributed by atoms with van der Waals surface area (Å²) in [6.45, 7) is 0.375. The number of rotatable bonds is 4. The largest absolute Gasteiger partial charge is 0.337 e. The van der Waals surface area contributed by atoms with Gasteiger partial charge < -0.3 is 9.42 Å². The minimum Gasteiger partial charge on any atom is -0.337 e. The molecule has 0 bridgehead atoms. The Kier molecular flexibility index (Phi) is 3.64. The molecule has 0 N–H and O–H groups in total. The molecule has 0 aliphatic carbocycles. The highest BCUT2D eigenvalue weighted by Gasteiger charge is 2.13. The fourth-order valence-electron chi connectivity index (χ4n) is 2.02. The molecule has 106 valence electrons. The van der Waals surface area contributed by atoms with Gasteiger partial charge in [0.1, 0.15) is 5.82 Å². The average Bonchev–Trinajstić information content (AvgIpc) is 3.00. The third-order valence-electron chi connectivity index (χ3n) is 3.14. The Labute approximate surface area is 121 Å². The molecule has 0 unspecified atom stereocenters. The van der Waals surface area contributed by atoms with Crippen molar-refractivity contribution in [2.75, 3.05) is 11.9 Å². The summed E-state index contributed by atoms with van der Waals surface area (Å²) in [4.78, 5) is 6.08. The van der Waals surface area contributed by atoms with E-state index in [1.54, 1.807) is 30.1 Å². The van der Waals surface area contributed by atoms with Crippen LogP contribution in [0.4, 0.5) is 10.3 Å². The van der Waals surface area contributed by atoms with Crippen molar-refractivity contribution >= 4 is 5.95 Å². The van der Waals surface area contributed by atoms with Crippen LogP contribution >= 0.6 is 0 Å². The molecule has 0 radical (unpaired) electrons. The van der Waals surface area contributed by atoms with E-state index in [0.717, 1.165) is 5.56 Å². The van der Waals surface area contributed by atoms with Gasteiger partial charge in [-0.1, -0.05) is 36.4 Å². The SMILES string of the molecule is CN(Cc1ccccc1F)c1noc(-c2ccccc2)n1. The minimum atomic E-state index is -0.240. The van der Waals surface area contributed by atoms with Gasteiger partial charge in [0.15, 0.2) is 0 Å². The van der Waals surface area contributed by atoms with E-state index in [2.05, 4.69) is 10.1 Å². The Morgan fingerprint density at radius 2 is 1.76 bits per heavy atom. The van der Waals surface area contributed by atoms with Crippen molar-refractivity contribution in [3.05, 3.63) is 66.0 Å². The first-order valence-corrected chi connectivity index (χ1v) is 6.58. The van der Waals surface area contributed by atoms with Gasteiger partial charge in [-0.05, 0) is 23.4 Å². The van der Waals surface area contributed by atoms with Crippen molar-refractivity contribution < 1.29 is 8.91 Å². The number of hydrogen-bond donors (Lipinski definition) is 0. The monoisotopic (exact) mass is 283 g/mol. The summed E-state index contributed by atoms with van der Waals surface area (Å²) in [6, 6.07) is 16.2. The molecule has 0 fully saturated rings. The highest BCUT2D eigenvalue weighted by molar-refractivity contribution is 5.53. The third-order valence-corrected chi connectivity index (χ3v) is 3.14. The van der Waals surface area contributed by atoms with Crippen LogP contribution in [0.1, 0.15) is 5.56 Å². The summed E-state index contributed by atoms with van der Waals surface area (Å²) in [6.07, 6.45) is 0. The molecule has 5 heteroatoms. The first-order chi connectivity index (χ1) is 10.2. The van der Waals surface area contributed by atoms with Crippen molar-refractivity contribution in [1.82, 2.24) is 10.1 Å². The Bertz CT molecular complexity index is 727. The lowest BCUT2D eigenvalue weighted by Crippen LogP contribution is -2.18. The van der Waals surface area contributed by atoms with Crippen LogP contribution in [0, 0.1) is 5.82 Å². The summed E-state index contributed by atoms with van der Waals surface area (Å²) >= 11 is 0. The fourth-order valence-corrected chi connectivity index (χ4v) is 2.02. The van der Waals surface area contributed by atoms with Crippen molar-refractivity contribution in [3.63, 3.8) is 0 Å². The van der Waals surface area contributed by atoms with E-state index in [4.69, 9.17) is 4.52 Å². The standard InChI is InChI=1S/C16H14FN3O/c1-20(11-13-9-5-6-10-14(13)17)16-18-15(21-19-16)12-7-3-2-4-8-12/h2-10H,11H2,1H3. The lowest BCUT2D eigenvalue weighted by molar-refractivity contribution is 0.429. The summed E-state index contributed by atoms with van der Waals surface area (Å²) in [5, 5.41) is 3.94. The van der Waals surface area contributed by atoms with Gasteiger partial charge in [-0.15, -0.1) is 0 Å². The van der Waals surface area contributed by atoms with E-state index in [9.17, 15) is 4.39 Å². The molecule has 0 aliphatic rings. The number of halogens is 1. The molecule has 4 nitrogen and oxygen atoms in total. The van der Waals surface area contributed by atoms with Crippen LogP contribution in [0.3, 0.4) is 0 Å². The molecule has 21 heavy (non-hydrogen) atoms. The molecule has 0 saturated carbocycles. The summed E-state index contributed by atoms with van der Waals surface area (Å²) in [5.74, 6) is 0.638. The lowest BCUT2D eigenvalue weighted by atomic mass is 10.2. The fraction of sp³-hybridized carbons (Fsp3) is 0.125. The Morgan fingerprint density at radius 3 is 2.52 bits per heavy atom. The molecule has 0 atom stereocenters. The Hall–Kier alpha value is -2.69. The van der Waals surface area contributed by atoms with Crippen LogP contribution in [0.2, 0.25) is 0 Å². The number of aromatic nitrogens is 2. The van der Waals surface area contributed by atoms with Gasteiger partial charge in [-0.25, -0.2) is 4.39 Å². The zero-order valence-electron chi connectivity index (χ0n) is 11.5. The molecule has 0 spiro atoms. The van der Waals surface area contributed by atoms with Crippen LogP contribution in [-0.4, -0.2) is 17.2 Å². The second-order valence-electron chi connectivity index (χ2n) is 4.71. The van der Waals surface area contributed by atoms with Gasteiger partial charge in [0, 0.05) is 24.7 Å². The minimum absolute atomic E-state index is 0.240. The first-order valence-electron chi connectivity index (χ1n) is 6.58. The van der Waals surface area contributed by atoms with Crippen LogP contribution < -0.4 is 4.90 Å². The smallest absolute Gasteiger partial charge is 0.266 e. The number of benzene rings is 2. The van der Waals surface area contributed by atoms with Gasteiger partial charge in [0.2, 0.25) is 0 Å². The van der Waals surface area contributed by atoms with Crippen LogP contribution in [-0.2, 0) is 6.54 Å². The summed E-state index contributed by atoms with van der Waals surface area (Å²) in [7, 11) is 1.80. The van der Waals surface area contributed by atoms with Gasteiger partial charge >= 0.3 is 0 Å². The quantitative estimate of drug-likeness (QED) is 0.734. The van der Waals surface area contributed by atoms with Crippen molar-refractivity contribution in [2.45, 2.75) is 6.54 Å². The summed E-state index contributed by atoms with van der Waals surface area (Å²) < 4.78 is 18.9. The van der Waals surface area contributed by atoms with Gasteiger partial charge in [-0.2, -0.15) is 4.98 Å². The second-order valence-corrected chi connectivity index (χ2v) is 4.71. The predicted molar refractivity (Wildman–Crippen MR) is 78.2 cm³/mol. The molecule has 0 aliphatic heterocycles. The van der Waals surface area contributed by atoms with Crippen molar-refractivity contribution in [2.24, 2.45) is 0 Å². The molecule has 2 aromatic carbocycles. The molecule has 3 rings (SSSR count). The van der Waals surface area contributed by atoms with Crippen LogP contribution in [0.25, 0.3) is 11.5 Å². The third kappa shape index (κ3) is 2.91. The van der Waals surface area contributed by atoms with Gasteiger partial charge in [-0.3, -0.25) is 0 Å². The molecule has 1 aromatic heterocycles. The average molecular weight is 283 g/mol. The van der Waals surface area contributed by atoms with E-state index in [1.165, 1.54) is 6.07 Å². The Morgan fingerprint density at radius 1 is 1.05 bits per heavy atom. The van der Waals surface area contributed by atoms with Crippen LogP contribution in [0.15, 0.2) is 59.1 Å². The topological polar surface area (TPSA) is 42.2 Å². The normalized spacial score (nSPS) is 10.6. The number of nitrogens with zero attached hydrogens (tertiary/aromatic N) is 3. The predicted octanol–water partition coefficient (Wildman–Crippen LogP) is 3.51. The maximum absolute atomic E-state index is 13.6. The van der Waals surface area contributed by atoms with E-state index in [-0.39, 0.29) is 5.82 Å². The second kappa shape index (κ2) is 5.75. The maximum atomic E-state index is 13.6. The van der Waals surface area contributed by atoms with E-state index in [0.29, 0.717) is 23.9 Å². The Balaban J connectivity index is 1.79. The maximum Gasteiger partial charge on any atom is 0.266 e. The molecule has 0 saturated heterocycles. The molecular weight excluding hydrogens is 269 g/mol. The van der Waals surface area contributed by atoms with Crippen molar-refractivity contribution in [3.8, 4) is 11.5 Å². The highest BCUT2D eigenvalue weighted by atomic mass is 19.1. The molecular formula is C16H14FN3O. The van der Waals surface area contributed by atoms with E-state index < -0.39 is 0 Å². The first kappa shape index (κ1) is 13.3. The highest BCUT2D eigenvalue weighted by Crippen LogP contribution is 2.20. The van der Waals surface area contributed by atoms with Gasteiger partial charge in [0.25, 0.3) is 11.8 Å². The van der Waals surface area contributed by atoms with Crippen LogP contribution in [0.5, 0.6) is 0 Å². The number of anilines is 1. The van der Waals surface area contributed by atoms with E-state index >= 15 is 0 Å². The van der Waals surface area contributed by atoms with E-state index in [1.807, 2.05) is 30.3 Å².